The van der Waals surface area contributed by atoms with Crippen LogP contribution in [0.25, 0.3) is 0 Å². The van der Waals surface area contributed by atoms with Crippen molar-refractivity contribution in [1.29, 1.82) is 0 Å². The van der Waals surface area contributed by atoms with E-state index in [0.717, 1.165) is 6.92 Å². The number of rotatable bonds is 16. The van der Waals surface area contributed by atoms with Crippen LogP contribution in [-0.4, -0.2) is 299 Å². The quantitative estimate of drug-likeness (QED) is 0.0682. The Bertz CT molecular complexity index is 1800. The number of ether oxygens (including phenoxy) is 11. The zero-order valence-corrected chi connectivity index (χ0v) is 41.7. The number of amides is 2. The highest BCUT2D eigenvalue weighted by atomic mass is 16.8. The molecule has 6 rings (SSSR count). The molecule has 0 radical (unpaired) electrons. The molecule has 6 saturated heterocycles. The van der Waals surface area contributed by atoms with Crippen LogP contribution < -0.4 is 10.6 Å². The summed E-state index contributed by atoms with van der Waals surface area (Å²) in [4.78, 5) is 25.9. The van der Waals surface area contributed by atoms with Crippen LogP contribution in [0.1, 0.15) is 48.5 Å². The van der Waals surface area contributed by atoms with Crippen molar-refractivity contribution in [1.82, 2.24) is 10.6 Å². The molecule has 6 aliphatic heterocycles. The minimum Gasteiger partial charge on any atom is -0.394 e. The molecular weight excluding hydrogens is 1000 g/mol. The molecule has 0 aliphatic carbocycles. The molecule has 0 aromatic heterocycles. The Kier molecular flexibility index (Phi) is 20.9. The first-order valence-corrected chi connectivity index (χ1v) is 24.4. The van der Waals surface area contributed by atoms with Crippen molar-refractivity contribution >= 4 is 11.8 Å². The summed E-state index contributed by atoms with van der Waals surface area (Å²) in [5.41, 5.74) is -0.841. The van der Waals surface area contributed by atoms with Gasteiger partial charge in [0.15, 0.2) is 31.5 Å². The highest BCUT2D eigenvalue weighted by molar-refractivity contribution is 5.73. The molecule has 17 N–H and O–H groups in total. The predicted octanol–water partition coefficient (Wildman–Crippen LogP) is -9.66. The number of carbonyl (C=O) groups excluding carboxylic acids is 2. The van der Waals surface area contributed by atoms with E-state index in [9.17, 15) is 86.2 Å². The van der Waals surface area contributed by atoms with Crippen molar-refractivity contribution in [2.24, 2.45) is 5.41 Å². The zero-order valence-electron chi connectivity index (χ0n) is 41.7. The molecule has 6 heterocycles. The number of carbonyl (C=O) groups is 2. The molecule has 0 spiro atoms. The number of nitrogens with one attached hydrogen (secondary N) is 2. The van der Waals surface area contributed by atoms with Crippen molar-refractivity contribution < 1.29 is 138 Å². The fraction of sp³-hybridized carbons (Fsp3) is 0.955. The van der Waals surface area contributed by atoms with Crippen LogP contribution in [0.3, 0.4) is 0 Å². The van der Waals surface area contributed by atoms with E-state index < -0.39 is 228 Å². The lowest BCUT2D eigenvalue weighted by Crippen LogP contribution is -2.72. The van der Waals surface area contributed by atoms with Gasteiger partial charge >= 0.3 is 0 Å². The van der Waals surface area contributed by atoms with E-state index in [4.69, 9.17) is 52.1 Å². The van der Waals surface area contributed by atoms with E-state index >= 15 is 0 Å². The Morgan fingerprint density at radius 2 is 0.730 bits per heavy atom. The van der Waals surface area contributed by atoms with Crippen LogP contribution in [0.5, 0.6) is 0 Å². The monoisotopic (exact) mass is 1080 g/mol. The molecule has 430 valence electrons. The Morgan fingerprint density at radius 3 is 1.16 bits per heavy atom. The summed E-state index contributed by atoms with van der Waals surface area (Å²) < 4.78 is 66.5. The standard InChI is InChI=1S/C44H76N2O28/c1-12-22(53)26(57)29(60)40(64-12)72-35-20(45-14(3)51)38(44(5,6)7)66-18(10-49)33(35)71-43-32(63)37(25(56)17(9-48)68-43)74-39-21(46-15(4)52)36(73-41-30(61)27(58)23(54)13(2)65-41)34(19(11-50)69-39)70-42-31(62)28(59)24(55)16(8-47)67-42/h12-13,16-43,47-50,53-63H,8-11H2,1-7H3,(H,45,51)(H,46,52). The second kappa shape index (κ2) is 25.3. The Hall–Kier alpha value is -2.10. The maximum atomic E-state index is 13.1. The molecule has 6 fully saturated rings. The van der Waals surface area contributed by atoms with Crippen LogP contribution in [-0.2, 0) is 61.7 Å². The molecule has 0 saturated carbocycles. The SMILES string of the molecule is CC(=O)NC1C(OC2C(O)C(CO)OC(OC3C(CO)OC(C(C)(C)C)C(NC(C)=O)C3OC3OC(C)C(O)C(O)C3O)C2O)OC(CO)C(OC2OC(CO)C(O)C(O)C2O)C1OC1OC(C)C(O)C(O)C1O. The summed E-state index contributed by atoms with van der Waals surface area (Å²) in [6.45, 7) is 6.40. The fourth-order valence-electron chi connectivity index (χ4n) is 9.96. The van der Waals surface area contributed by atoms with Gasteiger partial charge in [-0.2, -0.15) is 0 Å². The van der Waals surface area contributed by atoms with Crippen molar-refractivity contribution in [3.05, 3.63) is 0 Å². The van der Waals surface area contributed by atoms with Gasteiger partial charge in [0.25, 0.3) is 0 Å². The summed E-state index contributed by atoms with van der Waals surface area (Å²) in [6, 6.07) is -3.02. The molecule has 0 bridgehead atoms. The average Bonchev–Trinajstić information content (AvgIpc) is 3.34. The first-order valence-electron chi connectivity index (χ1n) is 24.4. The number of aliphatic hydroxyl groups is 15. The summed E-state index contributed by atoms with van der Waals surface area (Å²) in [7, 11) is 0. The van der Waals surface area contributed by atoms with Crippen molar-refractivity contribution in [3.8, 4) is 0 Å². The highest BCUT2D eigenvalue weighted by Crippen LogP contribution is 2.40. The van der Waals surface area contributed by atoms with Crippen LogP contribution in [0.15, 0.2) is 0 Å². The predicted molar refractivity (Wildman–Crippen MR) is 237 cm³/mol. The van der Waals surface area contributed by atoms with Crippen LogP contribution in [0.4, 0.5) is 0 Å². The van der Waals surface area contributed by atoms with Gasteiger partial charge in [0, 0.05) is 13.8 Å². The lowest BCUT2D eigenvalue weighted by molar-refractivity contribution is -0.392. The Morgan fingerprint density at radius 1 is 0.392 bits per heavy atom. The van der Waals surface area contributed by atoms with Gasteiger partial charge in [-0.3, -0.25) is 9.59 Å². The van der Waals surface area contributed by atoms with Gasteiger partial charge in [0.2, 0.25) is 11.8 Å². The zero-order chi connectivity index (χ0) is 55.0. The van der Waals surface area contributed by atoms with Gasteiger partial charge in [0.1, 0.15) is 128 Å². The summed E-state index contributed by atoms with van der Waals surface area (Å²) in [5, 5.41) is 168. The van der Waals surface area contributed by atoms with E-state index in [0.29, 0.717) is 0 Å². The van der Waals surface area contributed by atoms with Gasteiger partial charge in [-0.1, -0.05) is 20.8 Å². The third-order valence-corrected chi connectivity index (χ3v) is 14.0. The topological polar surface area (TPSA) is 463 Å². The van der Waals surface area contributed by atoms with E-state index in [1.54, 1.807) is 20.8 Å². The van der Waals surface area contributed by atoms with Crippen molar-refractivity contribution in [3.63, 3.8) is 0 Å². The van der Waals surface area contributed by atoms with Gasteiger partial charge < -0.3 is 139 Å². The first-order chi connectivity index (χ1) is 34.7. The molecule has 0 aromatic rings. The molecular formula is C44H76N2O28. The molecule has 30 atom stereocenters. The molecule has 30 nitrogen and oxygen atoms in total. The average molecular weight is 1080 g/mol. The number of aliphatic hydroxyl groups excluding tert-OH is 15. The number of hydrogen-bond donors (Lipinski definition) is 17. The number of hydrogen-bond acceptors (Lipinski definition) is 28. The molecule has 6 aliphatic rings. The molecule has 2 amide bonds. The van der Waals surface area contributed by atoms with E-state index in [1.165, 1.54) is 20.8 Å². The van der Waals surface area contributed by atoms with Crippen molar-refractivity contribution in [2.45, 2.75) is 232 Å². The van der Waals surface area contributed by atoms with Gasteiger partial charge in [0.05, 0.1) is 50.8 Å². The van der Waals surface area contributed by atoms with Crippen molar-refractivity contribution in [2.75, 3.05) is 26.4 Å². The van der Waals surface area contributed by atoms with E-state index in [1.807, 2.05) is 0 Å². The third-order valence-electron chi connectivity index (χ3n) is 14.0. The molecule has 30 unspecified atom stereocenters. The smallest absolute Gasteiger partial charge is 0.217 e. The summed E-state index contributed by atoms with van der Waals surface area (Å²) in [6.07, 6.45) is -49.2. The van der Waals surface area contributed by atoms with Crippen LogP contribution >= 0.6 is 0 Å². The Balaban J connectivity index is 1.37. The molecule has 30 heteroatoms. The highest BCUT2D eigenvalue weighted by Gasteiger charge is 2.59. The van der Waals surface area contributed by atoms with Gasteiger partial charge in [-0.15, -0.1) is 0 Å². The largest absolute Gasteiger partial charge is 0.394 e. The summed E-state index contributed by atoms with van der Waals surface area (Å²) >= 11 is 0. The Labute approximate surface area is 424 Å². The fourth-order valence-corrected chi connectivity index (χ4v) is 9.96. The third kappa shape index (κ3) is 13.0. The van der Waals surface area contributed by atoms with E-state index in [-0.39, 0.29) is 0 Å². The molecule has 74 heavy (non-hydrogen) atoms. The second-order valence-electron chi connectivity index (χ2n) is 20.6. The second-order valence-corrected chi connectivity index (χ2v) is 20.6. The van der Waals surface area contributed by atoms with Crippen LogP contribution in [0, 0.1) is 5.41 Å². The van der Waals surface area contributed by atoms with E-state index in [2.05, 4.69) is 10.6 Å². The summed E-state index contributed by atoms with van der Waals surface area (Å²) in [5.74, 6) is -1.46. The first kappa shape index (κ1) is 61.1. The molecule has 0 aromatic carbocycles. The van der Waals surface area contributed by atoms with Gasteiger partial charge in [-0.25, -0.2) is 0 Å². The minimum atomic E-state index is -2.20. The lowest BCUT2D eigenvalue weighted by atomic mass is 9.78. The minimum absolute atomic E-state index is 0.610. The maximum Gasteiger partial charge on any atom is 0.217 e. The maximum absolute atomic E-state index is 13.1. The normalized spacial score (nSPS) is 49.5. The lowest BCUT2D eigenvalue weighted by Gasteiger charge is -2.53. The van der Waals surface area contributed by atoms with Gasteiger partial charge in [-0.05, 0) is 19.3 Å². The van der Waals surface area contributed by atoms with Crippen LogP contribution in [0.2, 0.25) is 0 Å².